The van der Waals surface area contributed by atoms with Crippen LogP contribution in [-0.4, -0.2) is 74.9 Å². The zero-order valence-electron chi connectivity index (χ0n) is 20.5. The zero-order valence-corrected chi connectivity index (χ0v) is 21.3. The van der Waals surface area contributed by atoms with Crippen LogP contribution in [0.5, 0.6) is 11.5 Å². The SMILES string of the molecule is COc1ccc(S(=O)(=O)N2CCN(CC(=O)c3cc(C)n(-c4ccccc4)c3C)CC2)c(OC)c1. The minimum Gasteiger partial charge on any atom is -0.497 e. The van der Waals surface area contributed by atoms with E-state index in [9.17, 15) is 13.2 Å². The van der Waals surface area contributed by atoms with Gasteiger partial charge in [0.25, 0.3) is 0 Å². The number of Topliss-reactive ketones (excluding diaryl/α,β-unsaturated/α-hetero) is 1. The predicted molar refractivity (Wildman–Crippen MR) is 134 cm³/mol. The number of ketones is 1. The van der Waals surface area contributed by atoms with Gasteiger partial charge in [-0.05, 0) is 44.2 Å². The van der Waals surface area contributed by atoms with Crippen LogP contribution in [0.4, 0.5) is 0 Å². The molecule has 0 atom stereocenters. The van der Waals surface area contributed by atoms with Crippen LogP contribution < -0.4 is 9.47 Å². The van der Waals surface area contributed by atoms with E-state index in [1.165, 1.54) is 24.6 Å². The number of ether oxygens (including phenoxy) is 2. The van der Waals surface area contributed by atoms with Crippen LogP contribution in [0.3, 0.4) is 0 Å². The first-order valence-electron chi connectivity index (χ1n) is 11.5. The summed E-state index contributed by atoms with van der Waals surface area (Å²) in [6.07, 6.45) is 0. The number of carbonyl (C=O) groups is 1. The molecule has 1 aromatic heterocycles. The summed E-state index contributed by atoms with van der Waals surface area (Å²) in [5.41, 5.74) is 3.63. The Morgan fingerprint density at radius 2 is 1.60 bits per heavy atom. The number of aromatic nitrogens is 1. The van der Waals surface area contributed by atoms with Crippen molar-refractivity contribution >= 4 is 15.8 Å². The van der Waals surface area contributed by atoms with Gasteiger partial charge in [-0.1, -0.05) is 18.2 Å². The molecule has 1 saturated heterocycles. The third kappa shape index (κ3) is 4.98. The summed E-state index contributed by atoms with van der Waals surface area (Å²) >= 11 is 0. The zero-order chi connectivity index (χ0) is 25.2. The molecule has 3 aromatic rings. The molecule has 0 N–H and O–H groups in total. The van der Waals surface area contributed by atoms with Crippen molar-refractivity contribution in [2.24, 2.45) is 0 Å². The molecule has 4 rings (SSSR count). The van der Waals surface area contributed by atoms with Crippen molar-refractivity contribution in [3.05, 3.63) is 71.5 Å². The summed E-state index contributed by atoms with van der Waals surface area (Å²) in [5.74, 6) is 0.805. The molecule has 35 heavy (non-hydrogen) atoms. The fourth-order valence-corrected chi connectivity index (χ4v) is 6.12. The van der Waals surface area contributed by atoms with Crippen molar-refractivity contribution in [1.29, 1.82) is 0 Å². The highest BCUT2D eigenvalue weighted by Gasteiger charge is 2.32. The number of nitrogens with zero attached hydrogens (tertiary/aromatic N) is 3. The monoisotopic (exact) mass is 497 g/mol. The van der Waals surface area contributed by atoms with Gasteiger partial charge in [-0.2, -0.15) is 4.31 Å². The Balaban J connectivity index is 1.43. The second-order valence-corrected chi connectivity index (χ2v) is 10.5. The van der Waals surface area contributed by atoms with Crippen molar-refractivity contribution in [3.8, 4) is 17.2 Å². The van der Waals surface area contributed by atoms with E-state index in [1.807, 2.05) is 55.1 Å². The molecular formula is C26H31N3O5S. The first-order chi connectivity index (χ1) is 16.8. The van der Waals surface area contributed by atoms with Gasteiger partial charge < -0.3 is 14.0 Å². The lowest BCUT2D eigenvalue weighted by Gasteiger charge is -2.33. The van der Waals surface area contributed by atoms with Gasteiger partial charge in [0, 0.05) is 54.9 Å². The molecule has 1 aliphatic rings. The molecule has 0 radical (unpaired) electrons. The number of rotatable bonds is 8. The lowest BCUT2D eigenvalue weighted by molar-refractivity contribution is 0.0901. The Hall–Kier alpha value is -3.14. The second-order valence-electron chi connectivity index (χ2n) is 8.58. The third-order valence-corrected chi connectivity index (χ3v) is 8.37. The number of hydrogen-bond donors (Lipinski definition) is 0. The van der Waals surface area contributed by atoms with E-state index in [-0.39, 0.29) is 23.0 Å². The van der Waals surface area contributed by atoms with Gasteiger partial charge in [0.15, 0.2) is 5.78 Å². The number of methoxy groups -OCH3 is 2. The molecule has 0 saturated carbocycles. The Morgan fingerprint density at radius 1 is 0.914 bits per heavy atom. The van der Waals surface area contributed by atoms with Crippen molar-refractivity contribution < 1.29 is 22.7 Å². The Kier molecular flexibility index (Phi) is 7.30. The smallest absolute Gasteiger partial charge is 0.246 e. The van der Waals surface area contributed by atoms with Gasteiger partial charge in [-0.25, -0.2) is 8.42 Å². The molecule has 2 aromatic carbocycles. The number of sulfonamides is 1. The van der Waals surface area contributed by atoms with E-state index in [0.29, 0.717) is 37.5 Å². The van der Waals surface area contributed by atoms with Crippen LogP contribution in [-0.2, 0) is 10.0 Å². The molecule has 186 valence electrons. The fourth-order valence-electron chi connectivity index (χ4n) is 4.56. The van der Waals surface area contributed by atoms with Crippen molar-refractivity contribution in [1.82, 2.24) is 13.8 Å². The first-order valence-corrected chi connectivity index (χ1v) is 12.9. The maximum Gasteiger partial charge on any atom is 0.246 e. The van der Waals surface area contributed by atoms with E-state index in [4.69, 9.17) is 9.47 Å². The van der Waals surface area contributed by atoms with E-state index in [2.05, 4.69) is 4.57 Å². The van der Waals surface area contributed by atoms with Crippen LogP contribution in [0, 0.1) is 13.8 Å². The molecular weight excluding hydrogens is 466 g/mol. The lowest BCUT2D eigenvalue weighted by Crippen LogP contribution is -2.49. The number of para-hydroxylation sites is 1. The highest BCUT2D eigenvalue weighted by atomic mass is 32.2. The van der Waals surface area contributed by atoms with Gasteiger partial charge >= 0.3 is 0 Å². The molecule has 8 nitrogen and oxygen atoms in total. The van der Waals surface area contributed by atoms with Gasteiger partial charge in [0.1, 0.15) is 16.4 Å². The van der Waals surface area contributed by atoms with Gasteiger partial charge in [-0.3, -0.25) is 9.69 Å². The van der Waals surface area contributed by atoms with E-state index < -0.39 is 10.0 Å². The predicted octanol–water partition coefficient (Wildman–Crippen LogP) is 3.30. The van der Waals surface area contributed by atoms with Gasteiger partial charge in [0.2, 0.25) is 10.0 Å². The van der Waals surface area contributed by atoms with Gasteiger partial charge in [0.05, 0.1) is 20.8 Å². The van der Waals surface area contributed by atoms with Crippen LogP contribution in [0.25, 0.3) is 5.69 Å². The van der Waals surface area contributed by atoms with E-state index in [1.54, 1.807) is 12.1 Å². The van der Waals surface area contributed by atoms with Crippen LogP contribution in [0.2, 0.25) is 0 Å². The van der Waals surface area contributed by atoms with Crippen molar-refractivity contribution in [3.63, 3.8) is 0 Å². The quantitative estimate of drug-likeness (QED) is 0.444. The second kappa shape index (κ2) is 10.2. The Morgan fingerprint density at radius 3 is 2.23 bits per heavy atom. The number of carbonyl (C=O) groups excluding carboxylic acids is 1. The summed E-state index contributed by atoms with van der Waals surface area (Å²) in [4.78, 5) is 15.3. The number of piperazine rings is 1. The summed E-state index contributed by atoms with van der Waals surface area (Å²) in [6, 6.07) is 16.6. The molecule has 0 amide bonds. The average Bonchev–Trinajstić information content (AvgIpc) is 3.18. The van der Waals surface area contributed by atoms with E-state index in [0.717, 1.165) is 17.1 Å². The molecule has 0 spiro atoms. The standard InChI is InChI=1S/C26H31N3O5S/c1-19-16-23(20(2)29(19)21-8-6-5-7-9-21)24(30)18-27-12-14-28(15-13-27)35(31,32)26-11-10-22(33-3)17-25(26)34-4/h5-11,16-17H,12-15,18H2,1-4H3. The van der Waals surface area contributed by atoms with E-state index >= 15 is 0 Å². The number of benzene rings is 2. The average molecular weight is 498 g/mol. The molecule has 9 heteroatoms. The molecule has 0 bridgehead atoms. The lowest BCUT2D eigenvalue weighted by atomic mass is 10.1. The molecule has 0 unspecified atom stereocenters. The topological polar surface area (TPSA) is 81.1 Å². The molecule has 2 heterocycles. The summed E-state index contributed by atoms with van der Waals surface area (Å²) < 4.78 is 40.5. The van der Waals surface area contributed by atoms with Crippen LogP contribution >= 0.6 is 0 Å². The molecule has 1 aliphatic heterocycles. The highest BCUT2D eigenvalue weighted by Crippen LogP contribution is 2.31. The van der Waals surface area contributed by atoms with Crippen LogP contribution in [0.1, 0.15) is 21.7 Å². The van der Waals surface area contributed by atoms with Gasteiger partial charge in [-0.15, -0.1) is 0 Å². The van der Waals surface area contributed by atoms with Crippen molar-refractivity contribution in [2.45, 2.75) is 18.7 Å². The fraction of sp³-hybridized carbons (Fsp3) is 0.346. The largest absolute Gasteiger partial charge is 0.497 e. The summed E-state index contributed by atoms with van der Waals surface area (Å²) in [7, 11) is -0.782. The maximum absolute atomic E-state index is 13.3. The summed E-state index contributed by atoms with van der Waals surface area (Å²) in [5, 5.41) is 0. The maximum atomic E-state index is 13.3. The Labute approximate surface area is 206 Å². The normalized spacial score (nSPS) is 15.2. The molecule has 0 aliphatic carbocycles. The number of hydrogen-bond acceptors (Lipinski definition) is 6. The third-order valence-electron chi connectivity index (χ3n) is 6.43. The molecule has 1 fully saturated rings. The highest BCUT2D eigenvalue weighted by molar-refractivity contribution is 7.89. The van der Waals surface area contributed by atoms with Crippen molar-refractivity contribution in [2.75, 3.05) is 46.9 Å². The minimum atomic E-state index is -3.74. The number of aryl methyl sites for hydroxylation is 1. The first kappa shape index (κ1) is 25.0. The minimum absolute atomic E-state index is 0.0356. The Bertz CT molecular complexity index is 1310. The van der Waals surface area contributed by atoms with Crippen LogP contribution in [0.15, 0.2) is 59.5 Å². The summed E-state index contributed by atoms with van der Waals surface area (Å²) in [6.45, 7) is 5.75.